The fraction of sp³-hybridized carbons (Fsp3) is 0.889. The second kappa shape index (κ2) is 32.3. The maximum atomic E-state index is 12.3. The predicted molar refractivity (Wildman–Crippen MR) is 177 cm³/mol. The minimum atomic E-state index is -0.790. The van der Waals surface area contributed by atoms with Crippen molar-refractivity contribution >= 4 is 23.9 Å². The van der Waals surface area contributed by atoms with Gasteiger partial charge in [-0.15, -0.1) is 0 Å². The van der Waals surface area contributed by atoms with Gasteiger partial charge in [-0.25, -0.2) is 0 Å². The molecule has 1 unspecified atom stereocenters. The van der Waals surface area contributed by atoms with Crippen molar-refractivity contribution in [3.05, 3.63) is 0 Å². The molecule has 0 aliphatic heterocycles. The van der Waals surface area contributed by atoms with Crippen LogP contribution in [0.2, 0.25) is 0 Å². The Balaban J connectivity index is 0. The van der Waals surface area contributed by atoms with Gasteiger partial charge in [-0.05, 0) is 50.4 Å². The lowest BCUT2D eigenvalue weighted by atomic mass is 9.95. The minimum Gasteiger partial charge on any atom is -0.481 e. The number of carboxylic acids is 1. The van der Waals surface area contributed by atoms with Crippen molar-refractivity contribution in [1.29, 1.82) is 0 Å². The standard InChI is InChI=1S/C22H42O4.C14H26O4/c1-3-5-7-9-10-11-12-14-19-26-22(25)20(16-13-8-6-4-2)17-15-18-21(23)24;1-11(2)9-17-13(15)7-5-6-8-14(16)18-10-12(3)4/h20H,3-19H2,1-2H3,(H,23,24);11-12H,5-10H2,1-4H3. The summed E-state index contributed by atoms with van der Waals surface area (Å²) in [5.74, 6) is -0.671. The average molecular weight is 629 g/mol. The smallest absolute Gasteiger partial charge is 0.308 e. The quantitative estimate of drug-likeness (QED) is 0.0517. The molecule has 0 heterocycles. The van der Waals surface area contributed by atoms with Gasteiger partial charge < -0.3 is 19.3 Å². The van der Waals surface area contributed by atoms with Crippen LogP contribution < -0.4 is 0 Å². The number of rotatable bonds is 28. The van der Waals surface area contributed by atoms with Crippen molar-refractivity contribution in [1.82, 2.24) is 0 Å². The summed E-state index contributed by atoms with van der Waals surface area (Å²) in [7, 11) is 0. The molecule has 0 saturated carbocycles. The molecule has 0 radical (unpaired) electrons. The molecular formula is C36H68O8. The molecule has 44 heavy (non-hydrogen) atoms. The summed E-state index contributed by atoms with van der Waals surface area (Å²) >= 11 is 0. The van der Waals surface area contributed by atoms with Crippen LogP contribution in [0.15, 0.2) is 0 Å². The zero-order chi connectivity index (χ0) is 33.4. The summed E-state index contributed by atoms with van der Waals surface area (Å²) in [6.45, 7) is 13.8. The van der Waals surface area contributed by atoms with E-state index in [0.717, 1.165) is 32.1 Å². The highest BCUT2D eigenvalue weighted by Crippen LogP contribution is 2.19. The molecule has 0 aromatic rings. The second-order valence-electron chi connectivity index (χ2n) is 12.8. The normalized spacial score (nSPS) is 11.5. The summed E-state index contributed by atoms with van der Waals surface area (Å²) in [6, 6.07) is 0. The van der Waals surface area contributed by atoms with E-state index in [9.17, 15) is 19.2 Å². The number of hydrogen-bond donors (Lipinski definition) is 1. The Bertz CT molecular complexity index is 678. The van der Waals surface area contributed by atoms with Crippen LogP contribution in [0, 0.1) is 17.8 Å². The van der Waals surface area contributed by atoms with Gasteiger partial charge in [0.05, 0.1) is 25.7 Å². The molecule has 0 rings (SSSR count). The van der Waals surface area contributed by atoms with Gasteiger partial charge >= 0.3 is 23.9 Å². The molecule has 0 fully saturated rings. The first kappa shape index (κ1) is 44.0. The van der Waals surface area contributed by atoms with Gasteiger partial charge in [0.1, 0.15) is 0 Å². The Kier molecular flexibility index (Phi) is 32.3. The van der Waals surface area contributed by atoms with Crippen LogP contribution in [0.4, 0.5) is 0 Å². The van der Waals surface area contributed by atoms with Gasteiger partial charge in [-0.2, -0.15) is 0 Å². The fourth-order valence-corrected chi connectivity index (χ4v) is 4.43. The lowest BCUT2D eigenvalue weighted by molar-refractivity contribution is -0.150. The van der Waals surface area contributed by atoms with Crippen molar-refractivity contribution in [2.45, 2.75) is 170 Å². The molecule has 0 saturated heterocycles. The van der Waals surface area contributed by atoms with Crippen molar-refractivity contribution in [3.63, 3.8) is 0 Å². The number of carboxylic acid groups (broad SMARTS) is 1. The van der Waals surface area contributed by atoms with E-state index in [4.69, 9.17) is 19.3 Å². The van der Waals surface area contributed by atoms with E-state index in [1.807, 2.05) is 27.7 Å². The zero-order valence-corrected chi connectivity index (χ0v) is 29.3. The molecule has 8 heteroatoms. The maximum absolute atomic E-state index is 12.3. The summed E-state index contributed by atoms with van der Waals surface area (Å²) < 4.78 is 15.5. The van der Waals surface area contributed by atoms with Crippen molar-refractivity contribution in [3.8, 4) is 0 Å². The third kappa shape index (κ3) is 34.4. The Labute approximate surface area is 269 Å². The maximum Gasteiger partial charge on any atom is 0.308 e. The number of hydrogen-bond acceptors (Lipinski definition) is 7. The third-order valence-corrected chi connectivity index (χ3v) is 7.09. The van der Waals surface area contributed by atoms with E-state index in [-0.39, 0.29) is 30.2 Å². The summed E-state index contributed by atoms with van der Waals surface area (Å²) in [5, 5.41) is 8.79. The Morgan fingerprint density at radius 1 is 0.523 bits per heavy atom. The van der Waals surface area contributed by atoms with Crippen molar-refractivity contribution in [2.75, 3.05) is 19.8 Å². The zero-order valence-electron chi connectivity index (χ0n) is 29.3. The molecule has 0 aliphatic rings. The first-order chi connectivity index (χ1) is 21.0. The molecule has 0 aromatic heterocycles. The highest BCUT2D eigenvalue weighted by atomic mass is 16.5. The van der Waals surface area contributed by atoms with Gasteiger partial charge in [0.15, 0.2) is 0 Å². The number of aliphatic carboxylic acids is 1. The Morgan fingerprint density at radius 2 is 0.955 bits per heavy atom. The first-order valence-electron chi connectivity index (χ1n) is 17.7. The van der Waals surface area contributed by atoms with Crippen LogP contribution in [0.1, 0.15) is 170 Å². The summed E-state index contributed by atoms with van der Waals surface area (Å²) in [5.41, 5.74) is 0. The number of carbonyl (C=O) groups is 4. The minimum absolute atomic E-state index is 0.116. The van der Waals surface area contributed by atoms with Gasteiger partial charge in [0.25, 0.3) is 0 Å². The van der Waals surface area contributed by atoms with Gasteiger partial charge in [-0.1, -0.05) is 112 Å². The average Bonchev–Trinajstić information content (AvgIpc) is 2.97. The highest BCUT2D eigenvalue weighted by molar-refractivity contribution is 5.72. The Morgan fingerprint density at radius 3 is 1.41 bits per heavy atom. The summed E-state index contributed by atoms with van der Waals surface area (Å²) in [4.78, 5) is 45.5. The third-order valence-electron chi connectivity index (χ3n) is 7.09. The Hall–Kier alpha value is -2.12. The van der Waals surface area contributed by atoms with Gasteiger partial charge in [-0.3, -0.25) is 19.2 Å². The predicted octanol–water partition coefficient (Wildman–Crippen LogP) is 9.46. The number of esters is 3. The van der Waals surface area contributed by atoms with E-state index < -0.39 is 5.97 Å². The number of unbranched alkanes of at least 4 members (excludes halogenated alkanes) is 11. The van der Waals surface area contributed by atoms with Crippen molar-refractivity contribution in [2.24, 2.45) is 17.8 Å². The molecule has 260 valence electrons. The van der Waals surface area contributed by atoms with E-state index in [1.54, 1.807) is 0 Å². The van der Waals surface area contributed by atoms with Gasteiger partial charge in [0, 0.05) is 19.3 Å². The van der Waals surface area contributed by atoms with Crippen LogP contribution in [-0.4, -0.2) is 48.8 Å². The topological polar surface area (TPSA) is 116 Å². The molecule has 8 nitrogen and oxygen atoms in total. The molecule has 1 N–H and O–H groups in total. The first-order valence-corrected chi connectivity index (χ1v) is 17.7. The highest BCUT2D eigenvalue weighted by Gasteiger charge is 2.19. The van der Waals surface area contributed by atoms with Crippen LogP contribution >= 0.6 is 0 Å². The lowest BCUT2D eigenvalue weighted by Gasteiger charge is -2.15. The SMILES string of the molecule is CC(C)COC(=O)CCCCC(=O)OCC(C)C.CCCCCCCCCCOC(=O)C(CCCCCC)CCCC(=O)O. The fourth-order valence-electron chi connectivity index (χ4n) is 4.43. The molecule has 0 bridgehead atoms. The largest absolute Gasteiger partial charge is 0.481 e. The van der Waals surface area contributed by atoms with Crippen molar-refractivity contribution < 1.29 is 38.5 Å². The van der Waals surface area contributed by atoms with Crippen LogP contribution in [0.5, 0.6) is 0 Å². The molecule has 1 atom stereocenters. The molecular weight excluding hydrogens is 560 g/mol. The second-order valence-corrected chi connectivity index (χ2v) is 12.8. The lowest BCUT2D eigenvalue weighted by Crippen LogP contribution is -2.19. The van der Waals surface area contributed by atoms with Gasteiger partial charge in [0.2, 0.25) is 0 Å². The monoisotopic (exact) mass is 628 g/mol. The molecule has 0 spiro atoms. The van der Waals surface area contributed by atoms with Crippen LogP contribution in [0.3, 0.4) is 0 Å². The van der Waals surface area contributed by atoms with E-state index in [2.05, 4.69) is 13.8 Å². The van der Waals surface area contributed by atoms with E-state index in [0.29, 0.717) is 70.2 Å². The molecule has 0 amide bonds. The molecule has 0 aliphatic carbocycles. The van der Waals surface area contributed by atoms with E-state index >= 15 is 0 Å². The molecule has 0 aromatic carbocycles. The van der Waals surface area contributed by atoms with E-state index in [1.165, 1.54) is 51.4 Å². The number of ether oxygens (including phenoxy) is 3. The van der Waals surface area contributed by atoms with Crippen LogP contribution in [-0.2, 0) is 33.4 Å². The van der Waals surface area contributed by atoms with Crippen LogP contribution in [0.25, 0.3) is 0 Å². The summed E-state index contributed by atoms with van der Waals surface area (Å²) in [6.07, 6.45) is 18.6. The number of carbonyl (C=O) groups excluding carboxylic acids is 3.